The van der Waals surface area contributed by atoms with Crippen molar-refractivity contribution in [2.75, 3.05) is 0 Å². The van der Waals surface area contributed by atoms with Crippen molar-refractivity contribution in [3.8, 4) is 0 Å². The van der Waals surface area contributed by atoms with Crippen LogP contribution in [0.15, 0.2) is 30.3 Å². The van der Waals surface area contributed by atoms with Gasteiger partial charge in [0.15, 0.2) is 11.6 Å². The van der Waals surface area contributed by atoms with E-state index in [0.29, 0.717) is 11.8 Å². The van der Waals surface area contributed by atoms with E-state index in [2.05, 4.69) is 13.8 Å². The number of rotatable bonds is 5. The molecule has 2 aromatic rings. The van der Waals surface area contributed by atoms with E-state index in [1.807, 2.05) is 0 Å². The largest absolute Gasteiger partial charge is 0.280 e. The molecule has 2 aromatic carbocycles. The van der Waals surface area contributed by atoms with Gasteiger partial charge in [-0.15, -0.1) is 0 Å². The normalized spacial score (nSPS) is 26.4. The minimum absolute atomic E-state index is 0.0852. The van der Waals surface area contributed by atoms with Crippen LogP contribution in [-0.2, 0) is 12.3 Å². The van der Waals surface area contributed by atoms with Gasteiger partial charge in [-0.2, -0.15) is 0 Å². The maximum absolute atomic E-state index is 15.0. The highest BCUT2D eigenvalue weighted by molar-refractivity contribution is 5.34. The minimum atomic E-state index is -3.64. The van der Waals surface area contributed by atoms with Crippen molar-refractivity contribution < 1.29 is 22.0 Å². The Morgan fingerprint density at radius 2 is 1.30 bits per heavy atom. The Morgan fingerprint density at radius 3 is 1.88 bits per heavy atom. The van der Waals surface area contributed by atoms with Crippen molar-refractivity contribution in [2.45, 2.75) is 89.4 Å². The van der Waals surface area contributed by atoms with E-state index in [-0.39, 0.29) is 17.4 Å². The average molecular weight is 465 g/mol. The van der Waals surface area contributed by atoms with Gasteiger partial charge in [0.1, 0.15) is 5.82 Å². The molecule has 0 saturated heterocycles. The molecule has 0 bridgehead atoms. The molecule has 2 aliphatic carbocycles. The number of hydrogen-bond donors (Lipinski definition) is 0. The summed E-state index contributed by atoms with van der Waals surface area (Å²) < 4.78 is 74.3. The Bertz CT molecular complexity index is 966. The van der Waals surface area contributed by atoms with Gasteiger partial charge in [0.2, 0.25) is 0 Å². The molecule has 0 nitrogen and oxygen atoms in total. The third-order valence-electron chi connectivity index (χ3n) is 7.93. The Morgan fingerprint density at radius 1 is 0.727 bits per heavy atom. The average Bonchev–Trinajstić information content (AvgIpc) is 2.78. The molecule has 4 rings (SSSR count). The first-order valence-electron chi connectivity index (χ1n) is 12.3. The molecule has 5 heteroatoms. The molecular weight excluding hydrogens is 431 g/mol. The lowest BCUT2D eigenvalue weighted by molar-refractivity contribution is -0.00825. The van der Waals surface area contributed by atoms with Crippen molar-refractivity contribution >= 4 is 0 Å². The monoisotopic (exact) mass is 464 g/mol. The predicted octanol–water partition coefficient (Wildman–Crippen LogP) is 9.03. The maximum Gasteiger partial charge on any atom is 0.280 e. The van der Waals surface area contributed by atoms with E-state index in [1.165, 1.54) is 18.2 Å². The second-order valence-electron chi connectivity index (χ2n) is 10.5. The molecule has 0 aromatic heterocycles. The fraction of sp³-hybridized carbons (Fsp3) is 0.571. The second kappa shape index (κ2) is 9.76. The summed E-state index contributed by atoms with van der Waals surface area (Å²) in [6, 6.07) is 6.57. The van der Waals surface area contributed by atoms with E-state index in [9.17, 15) is 13.2 Å². The van der Waals surface area contributed by atoms with Crippen LogP contribution in [0.25, 0.3) is 0 Å². The lowest BCUT2D eigenvalue weighted by Gasteiger charge is -2.27. The molecule has 180 valence electrons. The zero-order valence-corrected chi connectivity index (χ0v) is 19.4. The van der Waals surface area contributed by atoms with Gasteiger partial charge in [-0.05, 0) is 78.2 Å². The van der Waals surface area contributed by atoms with E-state index in [4.69, 9.17) is 0 Å². The van der Waals surface area contributed by atoms with Crippen LogP contribution >= 0.6 is 0 Å². The summed E-state index contributed by atoms with van der Waals surface area (Å²) in [6.07, 6.45) is 6.29. The fourth-order valence-electron chi connectivity index (χ4n) is 5.64. The van der Waals surface area contributed by atoms with Crippen molar-refractivity contribution in [1.82, 2.24) is 0 Å². The lowest BCUT2D eigenvalue weighted by Crippen LogP contribution is -2.21. The third kappa shape index (κ3) is 5.27. The summed E-state index contributed by atoms with van der Waals surface area (Å²) in [5.41, 5.74) is -0.179. The molecule has 0 amide bonds. The molecule has 0 radical (unpaired) electrons. The minimum Gasteiger partial charge on any atom is -0.206 e. The topological polar surface area (TPSA) is 0 Å². The van der Waals surface area contributed by atoms with Crippen molar-refractivity contribution in [3.05, 3.63) is 70.0 Å². The smallest absolute Gasteiger partial charge is 0.206 e. The first-order chi connectivity index (χ1) is 15.7. The van der Waals surface area contributed by atoms with Crippen LogP contribution in [0.2, 0.25) is 0 Å². The van der Waals surface area contributed by atoms with E-state index in [1.54, 1.807) is 6.07 Å². The maximum atomic E-state index is 15.0. The van der Waals surface area contributed by atoms with Gasteiger partial charge in [-0.3, -0.25) is 0 Å². The molecule has 0 unspecified atom stereocenters. The molecule has 33 heavy (non-hydrogen) atoms. The van der Waals surface area contributed by atoms with Crippen LogP contribution in [0.3, 0.4) is 0 Å². The number of benzene rings is 2. The van der Waals surface area contributed by atoms with Crippen LogP contribution in [0.5, 0.6) is 0 Å². The predicted molar refractivity (Wildman–Crippen MR) is 121 cm³/mol. The van der Waals surface area contributed by atoms with Gasteiger partial charge in [-0.1, -0.05) is 57.7 Å². The molecule has 0 atom stereocenters. The summed E-state index contributed by atoms with van der Waals surface area (Å²) in [6.45, 7) is 4.32. The van der Waals surface area contributed by atoms with Crippen LogP contribution in [0.4, 0.5) is 22.0 Å². The molecule has 0 N–H and O–H groups in total. The van der Waals surface area contributed by atoms with Gasteiger partial charge in [0.25, 0.3) is 5.92 Å². The number of alkyl halides is 2. The van der Waals surface area contributed by atoms with Gasteiger partial charge < -0.3 is 0 Å². The number of halogens is 5. The first kappa shape index (κ1) is 24.2. The van der Waals surface area contributed by atoms with Crippen molar-refractivity contribution in [1.29, 1.82) is 0 Å². The van der Waals surface area contributed by atoms with Gasteiger partial charge in [0.05, 0.1) is 5.56 Å². The van der Waals surface area contributed by atoms with E-state index < -0.39 is 40.9 Å². The van der Waals surface area contributed by atoms with Crippen LogP contribution in [0.1, 0.15) is 99.3 Å². The Hall–Kier alpha value is -1.91. The third-order valence-corrected chi connectivity index (χ3v) is 7.93. The Labute approximate surface area is 193 Å². The summed E-state index contributed by atoms with van der Waals surface area (Å²) in [4.78, 5) is 0. The second-order valence-corrected chi connectivity index (χ2v) is 10.5. The molecular formula is C28H33F5. The fourth-order valence-corrected chi connectivity index (χ4v) is 5.64. The van der Waals surface area contributed by atoms with Crippen molar-refractivity contribution in [3.63, 3.8) is 0 Å². The highest BCUT2D eigenvalue weighted by Gasteiger charge is 2.37. The molecule has 0 spiro atoms. The quantitative estimate of drug-likeness (QED) is 0.387. The first-order valence-corrected chi connectivity index (χ1v) is 12.3. The zero-order valence-electron chi connectivity index (χ0n) is 19.4. The van der Waals surface area contributed by atoms with Crippen LogP contribution < -0.4 is 0 Å². The standard InChI is InChI=1S/C28H33F5/c1-17-3-7-19(8-4-17)21-12-14-24(25(29)15-21)28(32,33)16-22-11-13-23(27(31)26(22)30)20-9-5-18(2)6-10-20/h11-15,17-20H,3-10,16H2,1-2H3. The SMILES string of the molecule is CC1CCC(c2ccc(C(F)(F)Cc3ccc(C4CCC(C)CC4)c(F)c3F)c(F)c2)CC1. The van der Waals surface area contributed by atoms with Gasteiger partial charge in [0, 0.05) is 6.42 Å². The number of hydrogen-bond acceptors (Lipinski definition) is 0. The summed E-state index contributed by atoms with van der Waals surface area (Å²) in [5, 5.41) is 0. The highest BCUT2D eigenvalue weighted by Crippen LogP contribution is 2.41. The molecule has 2 aliphatic rings. The highest BCUT2D eigenvalue weighted by atomic mass is 19.3. The summed E-state index contributed by atoms with van der Waals surface area (Å²) >= 11 is 0. The lowest BCUT2D eigenvalue weighted by atomic mass is 9.79. The van der Waals surface area contributed by atoms with Crippen LogP contribution in [-0.4, -0.2) is 0 Å². The van der Waals surface area contributed by atoms with E-state index >= 15 is 8.78 Å². The van der Waals surface area contributed by atoms with Gasteiger partial charge >= 0.3 is 0 Å². The van der Waals surface area contributed by atoms with Crippen molar-refractivity contribution in [2.24, 2.45) is 11.8 Å². The zero-order chi connectivity index (χ0) is 23.8. The molecule has 0 aliphatic heterocycles. The molecule has 2 saturated carbocycles. The summed E-state index contributed by atoms with van der Waals surface area (Å²) in [7, 11) is 0. The Kier molecular flexibility index (Phi) is 7.16. The summed E-state index contributed by atoms with van der Waals surface area (Å²) in [5.74, 6) is -5.60. The van der Waals surface area contributed by atoms with Gasteiger partial charge in [-0.25, -0.2) is 22.0 Å². The molecule has 2 fully saturated rings. The molecule has 0 heterocycles. The Balaban J connectivity index is 1.52. The van der Waals surface area contributed by atoms with E-state index in [0.717, 1.165) is 63.0 Å². The van der Waals surface area contributed by atoms with Crippen LogP contribution in [0, 0.1) is 29.3 Å².